The van der Waals surface area contributed by atoms with Crippen molar-refractivity contribution in [3.05, 3.63) is 18.2 Å². The van der Waals surface area contributed by atoms with E-state index in [9.17, 15) is 0 Å². The van der Waals surface area contributed by atoms with Gasteiger partial charge in [-0.05, 0) is 12.5 Å². The SMILES string of the molecule is CCNCCn1cncc1C(C)C. The first-order chi connectivity index (χ1) is 6.25. The molecule has 3 heteroatoms. The maximum atomic E-state index is 4.16. The lowest BCUT2D eigenvalue weighted by atomic mass is 10.1. The van der Waals surface area contributed by atoms with Crippen LogP contribution in [0.4, 0.5) is 0 Å². The van der Waals surface area contributed by atoms with Crippen molar-refractivity contribution in [1.29, 1.82) is 0 Å². The van der Waals surface area contributed by atoms with Gasteiger partial charge in [-0.15, -0.1) is 0 Å². The fourth-order valence-electron chi connectivity index (χ4n) is 1.37. The maximum Gasteiger partial charge on any atom is 0.0948 e. The summed E-state index contributed by atoms with van der Waals surface area (Å²) in [6, 6.07) is 0. The average Bonchev–Trinajstić information content (AvgIpc) is 2.53. The van der Waals surface area contributed by atoms with Crippen LogP contribution in [-0.2, 0) is 6.54 Å². The number of aromatic nitrogens is 2. The highest BCUT2D eigenvalue weighted by Crippen LogP contribution is 2.12. The molecule has 0 aliphatic heterocycles. The van der Waals surface area contributed by atoms with Gasteiger partial charge in [-0.2, -0.15) is 0 Å². The Morgan fingerprint density at radius 3 is 2.92 bits per heavy atom. The number of nitrogens with zero attached hydrogens (tertiary/aromatic N) is 2. The topological polar surface area (TPSA) is 29.9 Å². The first-order valence-electron chi connectivity index (χ1n) is 4.96. The quantitative estimate of drug-likeness (QED) is 0.699. The zero-order valence-electron chi connectivity index (χ0n) is 8.75. The molecule has 0 saturated heterocycles. The molecule has 0 unspecified atom stereocenters. The third-order valence-corrected chi connectivity index (χ3v) is 2.12. The van der Waals surface area contributed by atoms with Crippen LogP contribution >= 0.6 is 0 Å². The Morgan fingerprint density at radius 2 is 2.31 bits per heavy atom. The smallest absolute Gasteiger partial charge is 0.0948 e. The maximum absolute atomic E-state index is 4.16. The molecule has 1 aromatic rings. The summed E-state index contributed by atoms with van der Waals surface area (Å²) in [5.74, 6) is 0.559. The molecule has 13 heavy (non-hydrogen) atoms. The van der Waals surface area contributed by atoms with Gasteiger partial charge in [-0.3, -0.25) is 0 Å². The minimum atomic E-state index is 0.559. The zero-order valence-corrected chi connectivity index (χ0v) is 8.75. The summed E-state index contributed by atoms with van der Waals surface area (Å²) >= 11 is 0. The Balaban J connectivity index is 2.50. The number of imidazole rings is 1. The van der Waals surface area contributed by atoms with Gasteiger partial charge in [0.15, 0.2) is 0 Å². The molecular formula is C10H19N3. The fourth-order valence-corrected chi connectivity index (χ4v) is 1.37. The van der Waals surface area contributed by atoms with Crippen molar-refractivity contribution in [1.82, 2.24) is 14.9 Å². The van der Waals surface area contributed by atoms with E-state index in [2.05, 4.69) is 35.6 Å². The predicted octanol–water partition coefficient (Wildman–Crippen LogP) is 1.62. The molecule has 0 saturated carbocycles. The average molecular weight is 181 g/mol. The third-order valence-electron chi connectivity index (χ3n) is 2.12. The molecule has 0 amide bonds. The molecule has 0 radical (unpaired) electrons. The summed E-state index contributed by atoms with van der Waals surface area (Å²) in [7, 11) is 0. The van der Waals surface area contributed by atoms with E-state index >= 15 is 0 Å². The van der Waals surface area contributed by atoms with E-state index < -0.39 is 0 Å². The number of likely N-dealkylation sites (N-methyl/N-ethyl adjacent to an activating group) is 1. The largest absolute Gasteiger partial charge is 0.333 e. The third kappa shape index (κ3) is 2.84. The minimum Gasteiger partial charge on any atom is -0.333 e. The van der Waals surface area contributed by atoms with Crippen LogP contribution in [0.1, 0.15) is 32.4 Å². The summed E-state index contributed by atoms with van der Waals surface area (Å²) < 4.78 is 2.22. The van der Waals surface area contributed by atoms with Crippen molar-refractivity contribution < 1.29 is 0 Å². The molecule has 1 aromatic heterocycles. The molecule has 0 fully saturated rings. The highest BCUT2D eigenvalue weighted by atomic mass is 15.1. The van der Waals surface area contributed by atoms with Crippen LogP contribution in [0.5, 0.6) is 0 Å². The van der Waals surface area contributed by atoms with E-state index in [0.29, 0.717) is 5.92 Å². The van der Waals surface area contributed by atoms with Crippen LogP contribution < -0.4 is 5.32 Å². The van der Waals surface area contributed by atoms with E-state index in [1.807, 2.05) is 12.5 Å². The molecule has 74 valence electrons. The molecule has 0 atom stereocenters. The zero-order chi connectivity index (χ0) is 9.68. The lowest BCUT2D eigenvalue weighted by molar-refractivity contribution is 0.583. The highest BCUT2D eigenvalue weighted by molar-refractivity contribution is 5.03. The second-order valence-corrected chi connectivity index (χ2v) is 3.52. The molecular weight excluding hydrogens is 162 g/mol. The van der Waals surface area contributed by atoms with E-state index in [1.54, 1.807) is 0 Å². The molecule has 0 spiro atoms. The van der Waals surface area contributed by atoms with Gasteiger partial charge >= 0.3 is 0 Å². The van der Waals surface area contributed by atoms with Gasteiger partial charge < -0.3 is 9.88 Å². The lowest BCUT2D eigenvalue weighted by Gasteiger charge is -2.10. The first-order valence-corrected chi connectivity index (χ1v) is 4.96. The van der Waals surface area contributed by atoms with Gasteiger partial charge in [-0.25, -0.2) is 4.98 Å². The molecule has 0 bridgehead atoms. The van der Waals surface area contributed by atoms with Crippen LogP contribution in [0, 0.1) is 0 Å². The summed E-state index contributed by atoms with van der Waals surface area (Å²) in [5, 5.41) is 3.30. The number of hydrogen-bond acceptors (Lipinski definition) is 2. The van der Waals surface area contributed by atoms with Crippen molar-refractivity contribution >= 4 is 0 Å². The van der Waals surface area contributed by atoms with Crippen LogP contribution in [-0.4, -0.2) is 22.6 Å². The Morgan fingerprint density at radius 1 is 1.54 bits per heavy atom. The van der Waals surface area contributed by atoms with E-state index in [-0.39, 0.29) is 0 Å². The standard InChI is InChI=1S/C10H19N3/c1-4-11-5-6-13-8-12-7-10(13)9(2)3/h7-9,11H,4-6H2,1-3H3. The molecule has 0 aliphatic carbocycles. The molecule has 0 aromatic carbocycles. The van der Waals surface area contributed by atoms with Gasteiger partial charge in [0.25, 0.3) is 0 Å². The van der Waals surface area contributed by atoms with Crippen molar-refractivity contribution in [2.45, 2.75) is 33.2 Å². The second-order valence-electron chi connectivity index (χ2n) is 3.52. The Bertz CT molecular complexity index is 240. The summed E-state index contributed by atoms with van der Waals surface area (Å²) in [6.07, 6.45) is 3.86. The summed E-state index contributed by atoms with van der Waals surface area (Å²) in [5.41, 5.74) is 1.32. The summed E-state index contributed by atoms with van der Waals surface area (Å²) in [6.45, 7) is 9.58. The Labute approximate surface area is 80.2 Å². The molecule has 1 N–H and O–H groups in total. The van der Waals surface area contributed by atoms with Gasteiger partial charge in [0.2, 0.25) is 0 Å². The van der Waals surface area contributed by atoms with Crippen molar-refractivity contribution in [2.75, 3.05) is 13.1 Å². The lowest BCUT2D eigenvalue weighted by Crippen LogP contribution is -2.20. The van der Waals surface area contributed by atoms with Crippen LogP contribution in [0.25, 0.3) is 0 Å². The fraction of sp³-hybridized carbons (Fsp3) is 0.700. The predicted molar refractivity (Wildman–Crippen MR) is 54.9 cm³/mol. The normalized spacial score (nSPS) is 11.1. The Hall–Kier alpha value is -0.830. The highest BCUT2D eigenvalue weighted by Gasteiger charge is 2.04. The van der Waals surface area contributed by atoms with Gasteiger partial charge in [-0.1, -0.05) is 20.8 Å². The molecule has 3 nitrogen and oxygen atoms in total. The van der Waals surface area contributed by atoms with Crippen LogP contribution in [0.3, 0.4) is 0 Å². The monoisotopic (exact) mass is 181 g/mol. The number of hydrogen-bond donors (Lipinski definition) is 1. The Kier molecular flexibility index (Phi) is 3.96. The van der Waals surface area contributed by atoms with E-state index in [1.165, 1.54) is 5.69 Å². The van der Waals surface area contributed by atoms with Gasteiger partial charge in [0.05, 0.1) is 6.33 Å². The van der Waals surface area contributed by atoms with E-state index in [0.717, 1.165) is 19.6 Å². The molecule has 1 rings (SSSR count). The molecule has 1 heterocycles. The summed E-state index contributed by atoms with van der Waals surface area (Å²) in [4.78, 5) is 4.16. The van der Waals surface area contributed by atoms with Gasteiger partial charge in [0.1, 0.15) is 0 Å². The minimum absolute atomic E-state index is 0.559. The van der Waals surface area contributed by atoms with Crippen molar-refractivity contribution in [2.24, 2.45) is 0 Å². The number of nitrogens with one attached hydrogen (secondary N) is 1. The van der Waals surface area contributed by atoms with Crippen LogP contribution in [0.15, 0.2) is 12.5 Å². The van der Waals surface area contributed by atoms with E-state index in [4.69, 9.17) is 0 Å². The molecule has 0 aliphatic rings. The van der Waals surface area contributed by atoms with Crippen molar-refractivity contribution in [3.63, 3.8) is 0 Å². The number of rotatable bonds is 5. The second kappa shape index (κ2) is 5.02. The van der Waals surface area contributed by atoms with Crippen molar-refractivity contribution in [3.8, 4) is 0 Å². The first kappa shape index (κ1) is 10.3. The van der Waals surface area contributed by atoms with Gasteiger partial charge in [0, 0.05) is 25.0 Å². The van der Waals surface area contributed by atoms with Crippen LogP contribution in [0.2, 0.25) is 0 Å².